The number of nitrogens with zero attached hydrogens (tertiary/aromatic N) is 1. The van der Waals surface area contributed by atoms with Gasteiger partial charge in [0.25, 0.3) is 0 Å². The molecule has 0 amide bonds. The summed E-state index contributed by atoms with van der Waals surface area (Å²) >= 11 is 1.50. The van der Waals surface area contributed by atoms with Crippen LogP contribution in [0.4, 0.5) is 8.78 Å². The molecule has 1 aromatic heterocycles. The van der Waals surface area contributed by atoms with Gasteiger partial charge in [0.05, 0.1) is 10.6 Å². The maximum Gasteiger partial charge on any atom is 0.694 e. The van der Waals surface area contributed by atoms with Crippen molar-refractivity contribution in [2.45, 2.75) is 68.2 Å². The highest BCUT2D eigenvalue weighted by molar-refractivity contribution is 7.99. The molecular weight excluding hydrogens is 465 g/mol. The molecule has 1 heterocycles. The molecule has 33 heavy (non-hydrogen) atoms. The normalized spacial score (nSPS) is 15.7. The van der Waals surface area contributed by atoms with Crippen LogP contribution >= 0.6 is 20.0 Å². The van der Waals surface area contributed by atoms with E-state index in [1.165, 1.54) is 36.2 Å². The standard InChI is InChI=1S/C24H31F2N2O3PS/c25-20-8-6-19(7-9-20)24(10-1-2-11-24)12-3-4-15-33-23-18-28-21(16-22(23)26)17-27-13-5-14-31-32(29)30/h6-9,16,18,27H,1-5,10-15,17H2/p+1. The van der Waals surface area contributed by atoms with Crippen LogP contribution in [0.3, 0.4) is 0 Å². The molecule has 5 nitrogen and oxygen atoms in total. The van der Waals surface area contributed by atoms with Gasteiger partial charge in [-0.25, -0.2) is 8.78 Å². The van der Waals surface area contributed by atoms with E-state index in [0.717, 1.165) is 37.9 Å². The lowest BCUT2D eigenvalue weighted by Crippen LogP contribution is -2.22. The fourth-order valence-electron chi connectivity index (χ4n) is 4.50. The molecular formula is C24H32F2N2O3PS+. The summed E-state index contributed by atoms with van der Waals surface area (Å²) in [4.78, 5) is 13.4. The van der Waals surface area contributed by atoms with Gasteiger partial charge in [-0.2, -0.15) is 0 Å². The molecule has 1 aliphatic carbocycles. The first-order valence-electron chi connectivity index (χ1n) is 11.5. The first-order valence-corrected chi connectivity index (χ1v) is 13.6. The van der Waals surface area contributed by atoms with Crippen LogP contribution in [0.2, 0.25) is 0 Å². The Kier molecular flexibility index (Phi) is 10.7. The van der Waals surface area contributed by atoms with Crippen LogP contribution < -0.4 is 5.32 Å². The summed E-state index contributed by atoms with van der Waals surface area (Å²) in [6.07, 6.45) is 10.1. The third-order valence-electron chi connectivity index (χ3n) is 6.21. The molecule has 0 aliphatic heterocycles. The minimum atomic E-state index is -2.55. The SMILES string of the molecule is O=[P+](O)OCCCNCc1cc(F)c(SCCCCC2(c3ccc(F)cc3)CCCC2)cn1. The monoisotopic (exact) mass is 497 g/mol. The second kappa shape index (κ2) is 13.4. The topological polar surface area (TPSA) is 71.5 Å². The quantitative estimate of drug-likeness (QED) is 0.182. The van der Waals surface area contributed by atoms with Crippen molar-refractivity contribution in [3.63, 3.8) is 0 Å². The van der Waals surface area contributed by atoms with E-state index >= 15 is 0 Å². The minimum absolute atomic E-state index is 0.168. The van der Waals surface area contributed by atoms with Crippen molar-refractivity contribution in [2.75, 3.05) is 18.9 Å². The zero-order chi connectivity index (χ0) is 23.5. The van der Waals surface area contributed by atoms with Gasteiger partial charge in [-0.15, -0.1) is 21.2 Å². The summed E-state index contributed by atoms with van der Waals surface area (Å²) in [5.74, 6) is 0.390. The van der Waals surface area contributed by atoms with E-state index in [4.69, 9.17) is 4.89 Å². The third kappa shape index (κ3) is 8.37. The molecule has 2 aromatic rings. The number of hydrogen-bond acceptors (Lipinski definition) is 5. The molecule has 2 N–H and O–H groups in total. The van der Waals surface area contributed by atoms with E-state index in [2.05, 4.69) is 14.8 Å². The van der Waals surface area contributed by atoms with Gasteiger partial charge < -0.3 is 5.32 Å². The van der Waals surface area contributed by atoms with Crippen LogP contribution in [0.1, 0.15) is 62.6 Å². The second-order valence-corrected chi connectivity index (χ2v) is 10.4. The Hall–Kier alpha value is -1.44. The van der Waals surface area contributed by atoms with Gasteiger partial charge in [0.1, 0.15) is 18.2 Å². The van der Waals surface area contributed by atoms with Crippen molar-refractivity contribution in [1.82, 2.24) is 10.3 Å². The number of thioether (sulfide) groups is 1. The highest BCUT2D eigenvalue weighted by atomic mass is 32.2. The summed E-state index contributed by atoms with van der Waals surface area (Å²) < 4.78 is 42.8. The van der Waals surface area contributed by atoms with Gasteiger partial charge >= 0.3 is 8.25 Å². The molecule has 1 aromatic carbocycles. The van der Waals surface area contributed by atoms with Crippen molar-refractivity contribution < 1.29 is 22.8 Å². The highest BCUT2D eigenvalue weighted by Crippen LogP contribution is 2.45. The average molecular weight is 498 g/mol. The van der Waals surface area contributed by atoms with Gasteiger partial charge in [-0.1, -0.05) is 31.4 Å². The predicted octanol–water partition coefficient (Wildman–Crippen LogP) is 6.28. The number of unbranched alkanes of at least 4 members (excludes halogenated alkanes) is 1. The van der Waals surface area contributed by atoms with Crippen LogP contribution in [0.5, 0.6) is 0 Å². The van der Waals surface area contributed by atoms with Gasteiger partial charge in [0, 0.05) is 17.3 Å². The molecule has 1 fully saturated rings. The molecule has 1 unspecified atom stereocenters. The first kappa shape index (κ1) is 26.2. The van der Waals surface area contributed by atoms with Crippen molar-refractivity contribution >= 4 is 20.0 Å². The number of halogens is 2. The number of benzene rings is 1. The van der Waals surface area contributed by atoms with Crippen molar-refractivity contribution in [3.8, 4) is 0 Å². The maximum absolute atomic E-state index is 14.4. The lowest BCUT2D eigenvalue weighted by atomic mass is 9.75. The smallest absolute Gasteiger partial charge is 0.311 e. The minimum Gasteiger partial charge on any atom is -0.311 e. The fraction of sp³-hybridized carbons (Fsp3) is 0.542. The number of rotatable bonds is 14. The van der Waals surface area contributed by atoms with E-state index in [-0.39, 0.29) is 23.7 Å². The zero-order valence-electron chi connectivity index (χ0n) is 18.8. The van der Waals surface area contributed by atoms with E-state index in [1.807, 2.05) is 12.1 Å². The van der Waals surface area contributed by atoms with Crippen LogP contribution in [-0.4, -0.2) is 28.8 Å². The Labute approximate surface area is 199 Å². The summed E-state index contributed by atoms with van der Waals surface area (Å²) in [7, 11) is -2.55. The lowest BCUT2D eigenvalue weighted by Gasteiger charge is -2.30. The molecule has 1 saturated carbocycles. The zero-order valence-corrected chi connectivity index (χ0v) is 20.5. The Morgan fingerprint density at radius 3 is 2.61 bits per heavy atom. The molecule has 3 rings (SSSR count). The van der Waals surface area contributed by atoms with Crippen LogP contribution in [-0.2, 0) is 21.0 Å². The van der Waals surface area contributed by atoms with E-state index in [1.54, 1.807) is 18.3 Å². The Bertz CT molecular complexity index is 896. The van der Waals surface area contributed by atoms with Crippen LogP contribution in [0.15, 0.2) is 41.4 Å². The number of pyridine rings is 1. The molecule has 0 bridgehead atoms. The molecule has 9 heteroatoms. The van der Waals surface area contributed by atoms with Crippen LogP contribution in [0, 0.1) is 11.6 Å². The Morgan fingerprint density at radius 2 is 1.91 bits per heavy atom. The number of hydrogen-bond donors (Lipinski definition) is 2. The Morgan fingerprint density at radius 1 is 1.15 bits per heavy atom. The van der Waals surface area contributed by atoms with Gasteiger partial charge in [0.2, 0.25) is 0 Å². The van der Waals surface area contributed by atoms with Crippen molar-refractivity contribution in [1.29, 1.82) is 0 Å². The second-order valence-electron chi connectivity index (χ2n) is 8.51. The number of aromatic nitrogens is 1. The summed E-state index contributed by atoms with van der Waals surface area (Å²) in [6.45, 7) is 1.21. The maximum atomic E-state index is 14.4. The molecule has 1 atom stereocenters. The third-order valence-corrected chi connectivity index (χ3v) is 7.71. The van der Waals surface area contributed by atoms with Crippen molar-refractivity contribution in [3.05, 3.63) is 59.4 Å². The fourth-order valence-corrected chi connectivity index (χ4v) is 5.68. The highest BCUT2D eigenvalue weighted by Gasteiger charge is 2.34. The summed E-state index contributed by atoms with van der Waals surface area (Å²) in [5, 5.41) is 3.12. The molecule has 0 saturated heterocycles. The van der Waals surface area contributed by atoms with E-state index < -0.39 is 8.25 Å². The van der Waals surface area contributed by atoms with E-state index in [9.17, 15) is 13.3 Å². The Balaban J connectivity index is 1.38. The number of nitrogens with one attached hydrogen (secondary N) is 1. The van der Waals surface area contributed by atoms with Gasteiger partial charge in [0.15, 0.2) is 0 Å². The summed E-state index contributed by atoms with van der Waals surface area (Å²) in [5.41, 5.74) is 2.04. The first-order chi connectivity index (χ1) is 16.0. The average Bonchev–Trinajstić information content (AvgIpc) is 3.27. The summed E-state index contributed by atoms with van der Waals surface area (Å²) in [6, 6.07) is 8.47. The van der Waals surface area contributed by atoms with E-state index in [0.29, 0.717) is 30.1 Å². The van der Waals surface area contributed by atoms with Gasteiger partial charge in [-0.3, -0.25) is 4.98 Å². The largest absolute Gasteiger partial charge is 0.694 e. The molecule has 1 aliphatic rings. The molecule has 180 valence electrons. The molecule has 0 radical (unpaired) electrons. The lowest BCUT2D eigenvalue weighted by molar-refractivity contribution is 0.276. The van der Waals surface area contributed by atoms with Gasteiger partial charge in [-0.05, 0) is 73.6 Å². The van der Waals surface area contributed by atoms with Crippen LogP contribution in [0.25, 0.3) is 0 Å². The molecule has 0 spiro atoms. The predicted molar refractivity (Wildman–Crippen MR) is 127 cm³/mol. The van der Waals surface area contributed by atoms with Crippen molar-refractivity contribution in [2.24, 2.45) is 0 Å².